The van der Waals surface area contributed by atoms with Gasteiger partial charge in [-0.25, -0.2) is 8.78 Å². The molecule has 19 heavy (non-hydrogen) atoms. The van der Waals surface area contributed by atoms with Crippen molar-refractivity contribution in [2.24, 2.45) is 0 Å². The van der Waals surface area contributed by atoms with E-state index in [1.807, 2.05) is 13.8 Å². The third-order valence-electron chi connectivity index (χ3n) is 2.51. The molecular formula is C14H21F2NO2. The van der Waals surface area contributed by atoms with Crippen molar-refractivity contribution in [3.8, 4) is 5.75 Å². The predicted molar refractivity (Wildman–Crippen MR) is 70.3 cm³/mol. The van der Waals surface area contributed by atoms with Crippen LogP contribution in [0.4, 0.5) is 8.78 Å². The monoisotopic (exact) mass is 273 g/mol. The molecule has 0 unspecified atom stereocenters. The van der Waals surface area contributed by atoms with Gasteiger partial charge in [0.15, 0.2) is 17.4 Å². The number of halogens is 2. The van der Waals surface area contributed by atoms with Gasteiger partial charge in [-0.3, -0.25) is 0 Å². The minimum absolute atomic E-state index is 0.227. The van der Waals surface area contributed by atoms with Gasteiger partial charge in [-0.15, -0.1) is 0 Å². The normalized spacial score (nSPS) is 11.1. The number of nitrogens with one attached hydrogen (secondary N) is 1. The lowest BCUT2D eigenvalue weighted by Gasteiger charge is -2.12. The molecule has 0 heterocycles. The summed E-state index contributed by atoms with van der Waals surface area (Å²) in [4.78, 5) is 0. The second kappa shape index (κ2) is 8.07. The van der Waals surface area contributed by atoms with Crippen molar-refractivity contribution in [3.63, 3.8) is 0 Å². The quantitative estimate of drug-likeness (QED) is 0.739. The minimum atomic E-state index is -0.669. The van der Waals surface area contributed by atoms with Crippen molar-refractivity contribution in [2.45, 2.75) is 32.9 Å². The molecule has 0 saturated carbocycles. The number of methoxy groups -OCH3 is 1. The van der Waals surface area contributed by atoms with Crippen LogP contribution in [0.3, 0.4) is 0 Å². The molecule has 0 bridgehead atoms. The summed E-state index contributed by atoms with van der Waals surface area (Å²) < 4.78 is 37.4. The second-order valence-corrected chi connectivity index (χ2v) is 4.62. The number of rotatable bonds is 8. The fourth-order valence-electron chi connectivity index (χ4n) is 1.55. The van der Waals surface area contributed by atoms with Crippen LogP contribution < -0.4 is 10.1 Å². The van der Waals surface area contributed by atoms with E-state index in [0.29, 0.717) is 25.1 Å². The predicted octanol–water partition coefficient (Wildman–Crippen LogP) is 2.88. The molecule has 0 aromatic heterocycles. The lowest BCUT2D eigenvalue weighted by molar-refractivity contribution is 0.168. The molecule has 0 radical (unpaired) electrons. The van der Waals surface area contributed by atoms with E-state index in [-0.39, 0.29) is 18.4 Å². The van der Waals surface area contributed by atoms with Gasteiger partial charge in [-0.1, -0.05) is 13.8 Å². The molecule has 1 aromatic carbocycles. The van der Waals surface area contributed by atoms with E-state index in [1.54, 1.807) is 7.11 Å². The summed E-state index contributed by atoms with van der Waals surface area (Å²) in [6.45, 7) is 5.10. The standard InChI is InChI=1S/C14H21F2NO2/c1-10(2)17-9-11-7-12(15)14(13(16)8-11)19-6-4-5-18-3/h7-8,10,17H,4-6,9H2,1-3H3. The third kappa shape index (κ3) is 5.53. The Bertz CT molecular complexity index is 374. The maximum Gasteiger partial charge on any atom is 0.190 e. The van der Waals surface area contributed by atoms with E-state index in [9.17, 15) is 8.78 Å². The zero-order chi connectivity index (χ0) is 14.3. The number of ether oxygens (including phenoxy) is 2. The van der Waals surface area contributed by atoms with Crippen LogP contribution in [-0.4, -0.2) is 26.4 Å². The Balaban J connectivity index is 2.63. The van der Waals surface area contributed by atoms with Gasteiger partial charge < -0.3 is 14.8 Å². The Labute approximate surface area is 112 Å². The van der Waals surface area contributed by atoms with Crippen molar-refractivity contribution in [1.82, 2.24) is 5.32 Å². The molecule has 5 heteroatoms. The Hall–Kier alpha value is -1.20. The molecule has 0 aliphatic heterocycles. The van der Waals surface area contributed by atoms with Crippen LogP contribution in [0.25, 0.3) is 0 Å². The van der Waals surface area contributed by atoms with Crippen molar-refractivity contribution in [1.29, 1.82) is 0 Å². The van der Waals surface area contributed by atoms with Crippen LogP contribution in [0.5, 0.6) is 5.75 Å². The lowest BCUT2D eigenvalue weighted by Crippen LogP contribution is -2.22. The topological polar surface area (TPSA) is 30.5 Å². The van der Waals surface area contributed by atoms with Crippen molar-refractivity contribution < 1.29 is 18.3 Å². The third-order valence-corrected chi connectivity index (χ3v) is 2.51. The highest BCUT2D eigenvalue weighted by atomic mass is 19.1. The van der Waals surface area contributed by atoms with Crippen molar-refractivity contribution >= 4 is 0 Å². The Morgan fingerprint density at radius 3 is 2.32 bits per heavy atom. The zero-order valence-corrected chi connectivity index (χ0v) is 11.6. The highest BCUT2D eigenvalue weighted by Crippen LogP contribution is 2.23. The highest BCUT2D eigenvalue weighted by molar-refractivity contribution is 5.31. The summed E-state index contributed by atoms with van der Waals surface area (Å²) in [5, 5.41) is 3.10. The summed E-state index contributed by atoms with van der Waals surface area (Å²) in [7, 11) is 1.57. The number of benzene rings is 1. The maximum absolute atomic E-state index is 13.7. The van der Waals surface area contributed by atoms with Crippen LogP contribution in [0.15, 0.2) is 12.1 Å². The first-order valence-corrected chi connectivity index (χ1v) is 6.37. The van der Waals surface area contributed by atoms with Gasteiger partial charge >= 0.3 is 0 Å². The van der Waals surface area contributed by atoms with Crippen LogP contribution in [-0.2, 0) is 11.3 Å². The summed E-state index contributed by atoms with van der Waals surface area (Å²) >= 11 is 0. The molecule has 0 spiro atoms. The summed E-state index contributed by atoms with van der Waals surface area (Å²) in [6, 6.07) is 2.85. The molecule has 0 atom stereocenters. The lowest BCUT2D eigenvalue weighted by atomic mass is 10.2. The average Bonchev–Trinajstić information content (AvgIpc) is 2.34. The minimum Gasteiger partial charge on any atom is -0.488 e. The van der Waals surface area contributed by atoms with Crippen LogP contribution in [0.1, 0.15) is 25.8 Å². The van der Waals surface area contributed by atoms with Crippen LogP contribution in [0.2, 0.25) is 0 Å². The fraction of sp³-hybridized carbons (Fsp3) is 0.571. The Morgan fingerprint density at radius 2 is 1.79 bits per heavy atom. The van der Waals surface area contributed by atoms with Crippen LogP contribution in [0, 0.1) is 11.6 Å². The molecule has 0 aliphatic rings. The first-order chi connectivity index (χ1) is 9.04. The largest absolute Gasteiger partial charge is 0.488 e. The Kier molecular flexibility index (Phi) is 6.73. The van der Waals surface area contributed by atoms with Crippen molar-refractivity contribution in [2.75, 3.05) is 20.3 Å². The summed E-state index contributed by atoms with van der Waals surface area (Å²) in [5.74, 6) is -1.65. The van der Waals surface area contributed by atoms with Gasteiger partial charge in [0, 0.05) is 32.7 Å². The number of hydrogen-bond donors (Lipinski definition) is 1. The first-order valence-electron chi connectivity index (χ1n) is 6.37. The summed E-state index contributed by atoms with van der Waals surface area (Å²) in [6.07, 6.45) is 0.589. The molecule has 108 valence electrons. The average molecular weight is 273 g/mol. The molecule has 0 fully saturated rings. The van der Waals surface area contributed by atoms with Crippen LogP contribution >= 0.6 is 0 Å². The van der Waals surface area contributed by atoms with E-state index < -0.39 is 11.6 Å². The van der Waals surface area contributed by atoms with Gasteiger partial charge in [0.1, 0.15) is 0 Å². The zero-order valence-electron chi connectivity index (χ0n) is 11.6. The van der Waals surface area contributed by atoms with Crippen molar-refractivity contribution in [3.05, 3.63) is 29.3 Å². The van der Waals surface area contributed by atoms with Gasteiger partial charge in [-0.2, -0.15) is 0 Å². The van der Waals surface area contributed by atoms with Gasteiger partial charge in [-0.05, 0) is 17.7 Å². The van der Waals surface area contributed by atoms with Gasteiger partial charge in [0.2, 0.25) is 0 Å². The smallest absolute Gasteiger partial charge is 0.190 e. The molecule has 0 saturated heterocycles. The molecule has 1 N–H and O–H groups in total. The SMILES string of the molecule is COCCCOc1c(F)cc(CNC(C)C)cc1F. The fourth-order valence-corrected chi connectivity index (χ4v) is 1.55. The first kappa shape index (κ1) is 15.9. The van der Waals surface area contributed by atoms with Gasteiger partial charge in [0.25, 0.3) is 0 Å². The summed E-state index contributed by atoms with van der Waals surface area (Å²) in [5.41, 5.74) is 0.563. The van der Waals surface area contributed by atoms with E-state index in [1.165, 1.54) is 12.1 Å². The molecule has 0 amide bonds. The molecule has 1 rings (SSSR count). The van der Waals surface area contributed by atoms with E-state index in [2.05, 4.69) is 5.32 Å². The molecule has 0 aliphatic carbocycles. The molecule has 3 nitrogen and oxygen atoms in total. The van der Waals surface area contributed by atoms with E-state index in [4.69, 9.17) is 9.47 Å². The number of hydrogen-bond acceptors (Lipinski definition) is 3. The Morgan fingerprint density at radius 1 is 1.16 bits per heavy atom. The van der Waals surface area contributed by atoms with Gasteiger partial charge in [0.05, 0.1) is 6.61 Å². The molecule has 1 aromatic rings. The molecular weight excluding hydrogens is 252 g/mol. The highest BCUT2D eigenvalue weighted by Gasteiger charge is 2.12. The van der Waals surface area contributed by atoms with E-state index in [0.717, 1.165) is 0 Å². The van der Waals surface area contributed by atoms with E-state index >= 15 is 0 Å². The second-order valence-electron chi connectivity index (χ2n) is 4.62. The maximum atomic E-state index is 13.7.